The molecular formula is C49H40N4O3. The van der Waals surface area contributed by atoms with E-state index in [9.17, 15) is 14.9 Å². The highest BCUT2D eigenvalue weighted by molar-refractivity contribution is 6.36. The average molecular weight is 733 g/mol. The first-order chi connectivity index (χ1) is 27.6. The minimum Gasteiger partial charge on any atom is -0.308 e. The first-order valence-electron chi connectivity index (χ1n) is 18.6. The van der Waals surface area contributed by atoms with Gasteiger partial charge in [-0.15, -0.1) is 0 Å². The van der Waals surface area contributed by atoms with Gasteiger partial charge >= 0.3 is 0 Å². The van der Waals surface area contributed by atoms with Crippen LogP contribution >= 0.6 is 0 Å². The van der Waals surface area contributed by atoms with Crippen molar-refractivity contribution in [3.63, 3.8) is 0 Å². The Morgan fingerprint density at radius 2 is 1.18 bits per heavy atom. The van der Waals surface area contributed by atoms with Crippen molar-refractivity contribution in [2.45, 2.75) is 27.7 Å². The van der Waals surface area contributed by atoms with Gasteiger partial charge in [0, 0.05) is 34.3 Å². The third-order valence-electron chi connectivity index (χ3n) is 9.49. The van der Waals surface area contributed by atoms with E-state index in [0.29, 0.717) is 28.1 Å². The molecule has 3 heterocycles. The zero-order valence-electron chi connectivity index (χ0n) is 31.7. The summed E-state index contributed by atoms with van der Waals surface area (Å²) in [6, 6.07) is 49.2. The van der Waals surface area contributed by atoms with Gasteiger partial charge in [0.2, 0.25) is 0 Å². The zero-order chi connectivity index (χ0) is 39.8. The van der Waals surface area contributed by atoms with Crippen LogP contribution in [0.25, 0.3) is 60.9 Å². The standard InChI is InChI=1S/C44H26N4O2.2C2H6.CH2O/c45-26-31-23-24-46-27-36(31)32-16-9-19-39-41(32)33-15-7-8-18-37(33)47(39)40-20-10-17-34-42(40)44(50)48(43(34)49)38-22-21-30(28-11-3-1-4-12-28)25-35(38)29-13-5-2-6-14-29;3*1-2/h1-25,27H;2*1-2H3;1H2. The summed E-state index contributed by atoms with van der Waals surface area (Å²) in [7, 11) is 0. The summed E-state index contributed by atoms with van der Waals surface area (Å²) < 4.78 is 2.06. The number of hydrogen-bond donors (Lipinski definition) is 0. The van der Waals surface area contributed by atoms with Crippen molar-refractivity contribution in [1.82, 2.24) is 9.55 Å². The number of pyridine rings is 1. The molecule has 1 aliphatic heterocycles. The van der Waals surface area contributed by atoms with Crippen LogP contribution in [0.2, 0.25) is 0 Å². The van der Waals surface area contributed by atoms with Gasteiger partial charge in [-0.25, -0.2) is 4.90 Å². The lowest BCUT2D eigenvalue weighted by Gasteiger charge is -2.20. The van der Waals surface area contributed by atoms with Crippen molar-refractivity contribution in [3.05, 3.63) is 175 Å². The number of nitrogens with zero attached hydrogens (tertiary/aromatic N) is 4. The van der Waals surface area contributed by atoms with E-state index in [4.69, 9.17) is 4.79 Å². The summed E-state index contributed by atoms with van der Waals surface area (Å²) in [6.45, 7) is 10.0. The SMILES string of the molecule is C=O.CC.CC.N#Cc1ccncc1-c1cccc2c1c1ccccc1n2-c1cccc2c1C(=O)N(c1ccc(-c3ccccc3)cc1-c1ccccc1)C2=O. The zero-order valence-corrected chi connectivity index (χ0v) is 31.7. The summed E-state index contributed by atoms with van der Waals surface area (Å²) in [4.78, 5) is 42.8. The molecule has 9 rings (SSSR count). The number of nitriles is 1. The molecule has 0 N–H and O–H groups in total. The van der Waals surface area contributed by atoms with Gasteiger partial charge < -0.3 is 9.36 Å². The highest BCUT2D eigenvalue weighted by atomic mass is 16.2. The molecule has 0 saturated heterocycles. The molecule has 0 saturated carbocycles. The van der Waals surface area contributed by atoms with Gasteiger partial charge in [-0.1, -0.05) is 131 Å². The number of benzene rings is 6. The monoisotopic (exact) mass is 732 g/mol. The number of para-hydroxylation sites is 1. The van der Waals surface area contributed by atoms with E-state index in [-0.39, 0.29) is 11.8 Å². The molecule has 0 unspecified atom stereocenters. The fourth-order valence-electron chi connectivity index (χ4n) is 7.27. The molecule has 7 heteroatoms. The molecule has 2 amide bonds. The Morgan fingerprint density at radius 1 is 0.554 bits per heavy atom. The molecule has 0 spiro atoms. The first kappa shape index (κ1) is 38.3. The minimum absolute atomic E-state index is 0.343. The van der Waals surface area contributed by atoms with Crippen LogP contribution in [0, 0.1) is 11.3 Å². The minimum atomic E-state index is -0.383. The second-order valence-electron chi connectivity index (χ2n) is 12.2. The quantitative estimate of drug-likeness (QED) is 0.164. The van der Waals surface area contributed by atoms with E-state index in [0.717, 1.165) is 55.2 Å². The van der Waals surface area contributed by atoms with Crippen LogP contribution in [0.4, 0.5) is 5.69 Å². The van der Waals surface area contributed by atoms with Crippen molar-refractivity contribution < 1.29 is 14.4 Å². The van der Waals surface area contributed by atoms with E-state index < -0.39 is 0 Å². The second kappa shape index (κ2) is 17.1. The van der Waals surface area contributed by atoms with Crippen LogP contribution in [0.5, 0.6) is 0 Å². The van der Waals surface area contributed by atoms with Crippen LogP contribution in [-0.2, 0) is 4.79 Å². The number of carbonyl (C=O) groups excluding carboxylic acids is 3. The fourth-order valence-corrected chi connectivity index (χ4v) is 7.27. The maximum absolute atomic E-state index is 14.8. The number of rotatable bonds is 5. The van der Waals surface area contributed by atoms with Gasteiger partial charge in [-0.3, -0.25) is 14.6 Å². The Labute approximate surface area is 326 Å². The molecule has 0 atom stereocenters. The molecule has 0 bridgehead atoms. The lowest BCUT2D eigenvalue weighted by molar-refractivity contribution is -0.0980. The molecule has 7 nitrogen and oxygen atoms in total. The summed E-state index contributed by atoms with van der Waals surface area (Å²) in [5.41, 5.74) is 9.38. The van der Waals surface area contributed by atoms with Crippen LogP contribution in [0.15, 0.2) is 158 Å². The Balaban J connectivity index is 0.000000847. The van der Waals surface area contributed by atoms with Gasteiger partial charge in [0.1, 0.15) is 6.79 Å². The van der Waals surface area contributed by atoms with E-state index in [1.165, 1.54) is 4.90 Å². The van der Waals surface area contributed by atoms with Crippen molar-refractivity contribution in [2.75, 3.05) is 4.90 Å². The number of carbonyl (C=O) groups is 3. The predicted octanol–water partition coefficient (Wildman–Crippen LogP) is 11.7. The van der Waals surface area contributed by atoms with Crippen LogP contribution < -0.4 is 4.90 Å². The van der Waals surface area contributed by atoms with Crippen LogP contribution in [0.3, 0.4) is 0 Å². The molecular weight excluding hydrogens is 693 g/mol. The molecule has 1 aliphatic rings. The Morgan fingerprint density at radius 3 is 1.89 bits per heavy atom. The van der Waals surface area contributed by atoms with E-state index in [1.54, 1.807) is 24.5 Å². The van der Waals surface area contributed by atoms with Gasteiger partial charge in [-0.05, 0) is 64.7 Å². The van der Waals surface area contributed by atoms with E-state index in [1.807, 2.05) is 168 Å². The lowest BCUT2D eigenvalue weighted by atomic mass is 9.97. The molecule has 0 aliphatic carbocycles. The van der Waals surface area contributed by atoms with Crippen LogP contribution in [0.1, 0.15) is 54.0 Å². The van der Waals surface area contributed by atoms with E-state index in [2.05, 4.69) is 15.6 Å². The smallest absolute Gasteiger partial charge is 0.268 e. The maximum Gasteiger partial charge on any atom is 0.268 e. The number of anilines is 1. The highest BCUT2D eigenvalue weighted by Gasteiger charge is 2.40. The molecule has 0 fully saturated rings. The Hall–Kier alpha value is -7.43. The van der Waals surface area contributed by atoms with Crippen molar-refractivity contribution >= 4 is 46.1 Å². The van der Waals surface area contributed by atoms with Gasteiger partial charge in [0.15, 0.2) is 0 Å². The average Bonchev–Trinajstić information content (AvgIpc) is 3.76. The predicted molar refractivity (Wildman–Crippen MR) is 227 cm³/mol. The number of aromatic nitrogens is 2. The maximum atomic E-state index is 14.8. The fraction of sp³-hybridized carbons (Fsp3) is 0.0816. The summed E-state index contributed by atoms with van der Waals surface area (Å²) >= 11 is 0. The van der Waals surface area contributed by atoms with Crippen molar-refractivity contribution in [3.8, 4) is 45.1 Å². The molecule has 6 aromatic carbocycles. The van der Waals surface area contributed by atoms with Crippen molar-refractivity contribution in [2.24, 2.45) is 0 Å². The molecule has 8 aromatic rings. The molecule has 274 valence electrons. The molecule has 2 aromatic heterocycles. The number of fused-ring (bicyclic) bond motifs is 4. The van der Waals surface area contributed by atoms with Crippen LogP contribution in [-0.4, -0.2) is 28.2 Å². The summed E-state index contributed by atoms with van der Waals surface area (Å²) in [5, 5.41) is 11.8. The molecule has 0 radical (unpaired) electrons. The lowest BCUT2D eigenvalue weighted by Crippen LogP contribution is -2.30. The number of imide groups is 1. The first-order valence-corrected chi connectivity index (χ1v) is 18.6. The second-order valence-corrected chi connectivity index (χ2v) is 12.2. The van der Waals surface area contributed by atoms with Crippen molar-refractivity contribution in [1.29, 1.82) is 5.26 Å². The normalized spacial score (nSPS) is 11.4. The third kappa shape index (κ3) is 6.54. The van der Waals surface area contributed by atoms with Gasteiger partial charge in [0.25, 0.3) is 11.8 Å². The van der Waals surface area contributed by atoms with E-state index >= 15 is 0 Å². The van der Waals surface area contributed by atoms with Gasteiger partial charge in [-0.2, -0.15) is 5.26 Å². The third-order valence-corrected chi connectivity index (χ3v) is 9.49. The highest BCUT2D eigenvalue weighted by Crippen LogP contribution is 2.43. The summed E-state index contributed by atoms with van der Waals surface area (Å²) in [5.74, 6) is -0.752. The Kier molecular flexibility index (Phi) is 11.7. The Bertz CT molecular complexity index is 2730. The number of hydrogen-bond acceptors (Lipinski definition) is 5. The summed E-state index contributed by atoms with van der Waals surface area (Å²) in [6.07, 6.45) is 3.33. The largest absolute Gasteiger partial charge is 0.308 e. The van der Waals surface area contributed by atoms with Gasteiger partial charge in [0.05, 0.1) is 45.2 Å². The topological polar surface area (TPSA) is 96.1 Å². The molecule has 56 heavy (non-hydrogen) atoms. The number of amides is 2.